The van der Waals surface area contributed by atoms with Crippen LogP contribution in [0.25, 0.3) is 0 Å². The summed E-state index contributed by atoms with van der Waals surface area (Å²) >= 11 is 0. The first-order chi connectivity index (χ1) is 11.0. The van der Waals surface area contributed by atoms with Crippen molar-refractivity contribution in [2.24, 2.45) is 11.3 Å². The van der Waals surface area contributed by atoms with Crippen LogP contribution in [0.2, 0.25) is 0 Å². The van der Waals surface area contributed by atoms with Crippen molar-refractivity contribution >= 4 is 5.97 Å². The standard InChI is InChI=1S/C20H28O4/c1-18(2,24)13-6-7-14-12(11-13)5-8-15-19(3,17(22)23)10-9-16(21)20(14,15)4/h6-7,11,15-16,21,24H,5,8-10H2,1-4H3,(H,22,23)/t15-,16+,19+,20+/m0/s1. The van der Waals surface area contributed by atoms with Gasteiger partial charge in [-0.05, 0) is 69.1 Å². The van der Waals surface area contributed by atoms with Crippen LogP contribution >= 0.6 is 0 Å². The normalized spacial score (nSPS) is 35.9. The highest BCUT2D eigenvalue weighted by Gasteiger charge is 2.58. The summed E-state index contributed by atoms with van der Waals surface area (Å²) in [5, 5.41) is 30.9. The first kappa shape index (κ1) is 17.4. The number of aliphatic carboxylic acids is 1. The smallest absolute Gasteiger partial charge is 0.309 e. The second kappa shape index (κ2) is 5.30. The molecule has 0 amide bonds. The van der Waals surface area contributed by atoms with Gasteiger partial charge in [-0.25, -0.2) is 0 Å². The second-order valence-electron chi connectivity index (χ2n) is 8.58. The fourth-order valence-corrected chi connectivity index (χ4v) is 5.05. The molecule has 4 heteroatoms. The minimum absolute atomic E-state index is 0.0910. The van der Waals surface area contributed by atoms with Gasteiger partial charge < -0.3 is 15.3 Å². The summed E-state index contributed by atoms with van der Waals surface area (Å²) in [5.41, 5.74) is 0.758. The largest absolute Gasteiger partial charge is 0.481 e. The van der Waals surface area contributed by atoms with Crippen molar-refractivity contribution in [1.82, 2.24) is 0 Å². The van der Waals surface area contributed by atoms with Crippen molar-refractivity contribution in [3.63, 3.8) is 0 Å². The highest BCUT2D eigenvalue weighted by atomic mass is 16.4. The monoisotopic (exact) mass is 332 g/mol. The summed E-state index contributed by atoms with van der Waals surface area (Å²) in [4.78, 5) is 12.0. The molecule has 4 atom stereocenters. The fourth-order valence-electron chi connectivity index (χ4n) is 5.05. The van der Waals surface area contributed by atoms with Gasteiger partial charge in [-0.1, -0.05) is 25.1 Å². The lowest BCUT2D eigenvalue weighted by molar-refractivity contribution is -0.162. The number of aliphatic hydroxyl groups is 2. The molecule has 2 aliphatic carbocycles. The molecule has 1 fully saturated rings. The lowest BCUT2D eigenvalue weighted by Crippen LogP contribution is -2.58. The van der Waals surface area contributed by atoms with Gasteiger partial charge in [0.15, 0.2) is 0 Å². The fraction of sp³-hybridized carbons (Fsp3) is 0.650. The van der Waals surface area contributed by atoms with E-state index in [4.69, 9.17) is 0 Å². The van der Waals surface area contributed by atoms with E-state index >= 15 is 0 Å². The summed E-state index contributed by atoms with van der Waals surface area (Å²) in [6, 6.07) is 5.92. The molecule has 0 spiro atoms. The first-order valence-corrected chi connectivity index (χ1v) is 8.79. The zero-order chi connectivity index (χ0) is 17.9. The molecule has 132 valence electrons. The molecule has 2 aliphatic rings. The van der Waals surface area contributed by atoms with Crippen LogP contribution in [0.1, 0.15) is 63.6 Å². The maximum Gasteiger partial charge on any atom is 0.309 e. The highest BCUT2D eigenvalue weighted by molar-refractivity contribution is 5.75. The third kappa shape index (κ3) is 2.31. The Kier molecular flexibility index (Phi) is 3.85. The average Bonchev–Trinajstić information content (AvgIpc) is 2.50. The Labute approximate surface area is 143 Å². The molecule has 3 N–H and O–H groups in total. The topological polar surface area (TPSA) is 77.8 Å². The molecule has 1 saturated carbocycles. The van der Waals surface area contributed by atoms with Crippen molar-refractivity contribution in [2.75, 3.05) is 0 Å². The number of benzene rings is 1. The number of hydrogen-bond donors (Lipinski definition) is 3. The third-order valence-corrected chi connectivity index (χ3v) is 6.71. The number of carbonyl (C=O) groups is 1. The SMILES string of the molecule is CC(C)(O)c1ccc2c(c1)CC[C@@H]1[C@]2(C)[C@H](O)CC[C@@]1(C)C(=O)O. The summed E-state index contributed by atoms with van der Waals surface area (Å²) in [6.45, 7) is 7.38. The van der Waals surface area contributed by atoms with Crippen molar-refractivity contribution in [2.45, 2.75) is 70.5 Å². The molecule has 0 radical (unpaired) electrons. The van der Waals surface area contributed by atoms with Crippen LogP contribution in [0.15, 0.2) is 18.2 Å². The van der Waals surface area contributed by atoms with Crippen molar-refractivity contribution in [3.05, 3.63) is 34.9 Å². The maximum absolute atomic E-state index is 12.0. The van der Waals surface area contributed by atoms with Gasteiger partial charge in [0, 0.05) is 5.41 Å². The van der Waals surface area contributed by atoms with Crippen LogP contribution in [-0.2, 0) is 22.2 Å². The van der Waals surface area contributed by atoms with Gasteiger partial charge >= 0.3 is 5.97 Å². The third-order valence-electron chi connectivity index (χ3n) is 6.71. The molecule has 0 aromatic heterocycles. The van der Waals surface area contributed by atoms with E-state index in [0.29, 0.717) is 12.8 Å². The number of aliphatic hydroxyl groups excluding tert-OH is 1. The van der Waals surface area contributed by atoms with Gasteiger partial charge in [0.1, 0.15) is 0 Å². The van der Waals surface area contributed by atoms with E-state index in [9.17, 15) is 20.1 Å². The van der Waals surface area contributed by atoms with E-state index in [1.165, 1.54) is 0 Å². The predicted molar refractivity (Wildman–Crippen MR) is 91.8 cm³/mol. The average molecular weight is 332 g/mol. The Balaban J connectivity index is 2.13. The Hall–Kier alpha value is -1.39. The molecule has 0 heterocycles. The molecular formula is C20H28O4. The van der Waals surface area contributed by atoms with Gasteiger partial charge in [-0.3, -0.25) is 4.79 Å². The van der Waals surface area contributed by atoms with Gasteiger partial charge in [0.2, 0.25) is 0 Å². The van der Waals surface area contributed by atoms with Crippen LogP contribution in [0.4, 0.5) is 0 Å². The molecule has 4 nitrogen and oxygen atoms in total. The van der Waals surface area contributed by atoms with E-state index in [1.807, 2.05) is 32.0 Å². The summed E-state index contributed by atoms with van der Waals surface area (Å²) in [6.07, 6.45) is 2.01. The Morgan fingerprint density at radius 3 is 2.50 bits per heavy atom. The van der Waals surface area contributed by atoms with Gasteiger partial charge in [0.25, 0.3) is 0 Å². The van der Waals surface area contributed by atoms with E-state index in [2.05, 4.69) is 0 Å². The molecule has 3 rings (SSSR count). The number of carboxylic acid groups (broad SMARTS) is 1. The predicted octanol–water partition coefficient (Wildman–Crippen LogP) is 2.98. The lowest BCUT2D eigenvalue weighted by Gasteiger charge is -2.55. The van der Waals surface area contributed by atoms with Gasteiger partial charge in [0.05, 0.1) is 17.1 Å². The Morgan fingerprint density at radius 1 is 1.25 bits per heavy atom. The summed E-state index contributed by atoms with van der Waals surface area (Å²) in [5.74, 6) is -0.853. The molecular weight excluding hydrogens is 304 g/mol. The van der Waals surface area contributed by atoms with Crippen LogP contribution < -0.4 is 0 Å². The van der Waals surface area contributed by atoms with Gasteiger partial charge in [-0.15, -0.1) is 0 Å². The number of rotatable bonds is 2. The Bertz CT molecular complexity index is 675. The second-order valence-corrected chi connectivity index (χ2v) is 8.58. The highest BCUT2D eigenvalue weighted by Crippen LogP contribution is 2.57. The number of carboxylic acids is 1. The van der Waals surface area contributed by atoms with Crippen LogP contribution in [0.5, 0.6) is 0 Å². The van der Waals surface area contributed by atoms with E-state index in [-0.39, 0.29) is 5.92 Å². The van der Waals surface area contributed by atoms with E-state index in [1.54, 1.807) is 13.8 Å². The Morgan fingerprint density at radius 2 is 1.92 bits per heavy atom. The van der Waals surface area contributed by atoms with Crippen LogP contribution in [0.3, 0.4) is 0 Å². The van der Waals surface area contributed by atoms with Gasteiger partial charge in [-0.2, -0.15) is 0 Å². The van der Waals surface area contributed by atoms with Crippen molar-refractivity contribution in [1.29, 1.82) is 0 Å². The molecule has 24 heavy (non-hydrogen) atoms. The van der Waals surface area contributed by atoms with Crippen LogP contribution in [-0.4, -0.2) is 27.4 Å². The molecule has 1 aromatic rings. The molecule has 0 aliphatic heterocycles. The minimum atomic E-state index is -0.909. The summed E-state index contributed by atoms with van der Waals surface area (Å²) < 4.78 is 0. The molecule has 0 unspecified atom stereocenters. The zero-order valence-electron chi connectivity index (χ0n) is 15.0. The number of fused-ring (bicyclic) bond motifs is 3. The number of aryl methyl sites for hydroxylation is 1. The zero-order valence-corrected chi connectivity index (χ0v) is 15.0. The van der Waals surface area contributed by atoms with Crippen molar-refractivity contribution in [3.8, 4) is 0 Å². The van der Waals surface area contributed by atoms with E-state index in [0.717, 1.165) is 29.5 Å². The minimum Gasteiger partial charge on any atom is -0.481 e. The first-order valence-electron chi connectivity index (χ1n) is 8.79. The maximum atomic E-state index is 12.0. The molecule has 0 saturated heterocycles. The van der Waals surface area contributed by atoms with E-state index < -0.39 is 28.5 Å². The molecule has 0 bridgehead atoms. The number of hydrogen-bond acceptors (Lipinski definition) is 3. The van der Waals surface area contributed by atoms with Crippen molar-refractivity contribution < 1.29 is 20.1 Å². The summed E-state index contributed by atoms with van der Waals surface area (Å²) in [7, 11) is 0. The quantitative estimate of drug-likeness (QED) is 0.778. The lowest BCUT2D eigenvalue weighted by atomic mass is 9.48. The molecule has 1 aromatic carbocycles. The van der Waals surface area contributed by atoms with Crippen LogP contribution in [0, 0.1) is 11.3 Å².